The van der Waals surface area contributed by atoms with Gasteiger partial charge in [0.15, 0.2) is 16.0 Å². The number of aromatic nitrogens is 2. The van der Waals surface area contributed by atoms with Crippen LogP contribution in [0.5, 0.6) is 0 Å². The molecule has 0 spiro atoms. The number of carboxylic acids is 1. The lowest BCUT2D eigenvalue weighted by molar-refractivity contribution is -0.146. The summed E-state index contributed by atoms with van der Waals surface area (Å²) in [6, 6.07) is 3.12. The van der Waals surface area contributed by atoms with Crippen LogP contribution in [0.4, 0.5) is 5.69 Å². The summed E-state index contributed by atoms with van der Waals surface area (Å²) < 4.78 is 6.83. The molecular weight excluding hydrogens is 330 g/mol. The van der Waals surface area contributed by atoms with E-state index in [2.05, 4.69) is 26.3 Å². The number of nitrogens with zero attached hydrogens (tertiary/aromatic N) is 2. The Bertz CT molecular complexity index is 659. The number of carbonyl (C=O) groups excluding carboxylic acids is 1. The van der Waals surface area contributed by atoms with Crippen molar-refractivity contribution in [3.8, 4) is 0 Å². The first-order valence-electron chi connectivity index (χ1n) is 5.66. The van der Waals surface area contributed by atoms with Crippen LogP contribution in [-0.4, -0.2) is 26.8 Å². The standard InChI is InChI=1S/C12H12BrN3O4/c1-12(2,11(18)19)16-6-7(5-14-16)15-10(17)8-3-4-9(13)20-8/h3-6H,1-2H3,(H,15,17)(H,18,19). The van der Waals surface area contributed by atoms with Gasteiger partial charge in [0.1, 0.15) is 0 Å². The molecule has 0 bridgehead atoms. The number of hydrogen-bond acceptors (Lipinski definition) is 4. The van der Waals surface area contributed by atoms with Gasteiger partial charge in [-0.25, -0.2) is 4.79 Å². The fourth-order valence-electron chi connectivity index (χ4n) is 1.42. The molecule has 0 saturated heterocycles. The van der Waals surface area contributed by atoms with E-state index < -0.39 is 17.4 Å². The van der Waals surface area contributed by atoms with Crippen LogP contribution in [0.3, 0.4) is 0 Å². The zero-order chi connectivity index (χ0) is 14.9. The number of anilines is 1. The minimum absolute atomic E-state index is 0.141. The number of furan rings is 1. The van der Waals surface area contributed by atoms with Gasteiger partial charge in [-0.2, -0.15) is 5.10 Å². The molecule has 106 valence electrons. The SMILES string of the molecule is CC(C)(C(=O)O)n1cc(NC(=O)c2ccc(Br)o2)cn1. The average molecular weight is 342 g/mol. The van der Waals surface area contributed by atoms with Gasteiger partial charge in [0, 0.05) is 6.20 Å². The van der Waals surface area contributed by atoms with E-state index >= 15 is 0 Å². The van der Waals surface area contributed by atoms with E-state index in [4.69, 9.17) is 9.52 Å². The second kappa shape index (κ2) is 5.12. The minimum atomic E-state index is -1.20. The molecule has 20 heavy (non-hydrogen) atoms. The third-order valence-corrected chi connectivity index (χ3v) is 3.16. The number of amides is 1. The topological polar surface area (TPSA) is 97.4 Å². The summed E-state index contributed by atoms with van der Waals surface area (Å²) in [6.45, 7) is 3.02. The Morgan fingerprint density at radius 3 is 2.70 bits per heavy atom. The van der Waals surface area contributed by atoms with E-state index in [0.29, 0.717) is 10.4 Å². The van der Waals surface area contributed by atoms with E-state index in [1.54, 1.807) is 6.07 Å². The highest BCUT2D eigenvalue weighted by atomic mass is 79.9. The van der Waals surface area contributed by atoms with Crippen LogP contribution in [0.1, 0.15) is 24.4 Å². The molecule has 0 radical (unpaired) electrons. The molecule has 0 fully saturated rings. The maximum absolute atomic E-state index is 11.8. The third-order valence-electron chi connectivity index (χ3n) is 2.73. The van der Waals surface area contributed by atoms with E-state index in [1.807, 2.05) is 0 Å². The molecule has 2 aromatic heterocycles. The summed E-state index contributed by atoms with van der Waals surface area (Å²) in [5, 5.41) is 15.6. The maximum Gasteiger partial charge on any atom is 0.331 e. The smallest absolute Gasteiger partial charge is 0.331 e. The molecule has 0 aliphatic rings. The normalized spacial score (nSPS) is 11.3. The summed E-state index contributed by atoms with van der Waals surface area (Å²) in [6.07, 6.45) is 2.82. The lowest BCUT2D eigenvalue weighted by Crippen LogP contribution is -2.35. The summed E-state index contributed by atoms with van der Waals surface area (Å²) in [4.78, 5) is 22.9. The maximum atomic E-state index is 11.8. The Morgan fingerprint density at radius 1 is 1.45 bits per heavy atom. The highest BCUT2D eigenvalue weighted by Gasteiger charge is 2.30. The average Bonchev–Trinajstić information content (AvgIpc) is 2.98. The van der Waals surface area contributed by atoms with Crippen molar-refractivity contribution in [2.75, 3.05) is 5.32 Å². The molecule has 2 heterocycles. The molecule has 0 aliphatic heterocycles. The van der Waals surface area contributed by atoms with Crippen LogP contribution in [0.15, 0.2) is 33.6 Å². The van der Waals surface area contributed by atoms with E-state index in [9.17, 15) is 9.59 Å². The Hall–Kier alpha value is -2.09. The van der Waals surface area contributed by atoms with Gasteiger partial charge in [0.05, 0.1) is 11.9 Å². The molecule has 0 aromatic carbocycles. The van der Waals surface area contributed by atoms with Crippen molar-refractivity contribution >= 4 is 33.5 Å². The van der Waals surface area contributed by atoms with Crippen LogP contribution in [-0.2, 0) is 10.3 Å². The number of carboxylic acid groups (broad SMARTS) is 1. The van der Waals surface area contributed by atoms with Crippen molar-refractivity contribution in [3.05, 3.63) is 35.0 Å². The van der Waals surface area contributed by atoms with Gasteiger partial charge in [0.2, 0.25) is 0 Å². The molecule has 0 aliphatic carbocycles. The van der Waals surface area contributed by atoms with Crippen LogP contribution < -0.4 is 5.32 Å². The van der Waals surface area contributed by atoms with E-state index in [-0.39, 0.29) is 5.76 Å². The highest BCUT2D eigenvalue weighted by Crippen LogP contribution is 2.19. The van der Waals surface area contributed by atoms with Crippen molar-refractivity contribution in [2.24, 2.45) is 0 Å². The lowest BCUT2D eigenvalue weighted by atomic mass is 10.1. The van der Waals surface area contributed by atoms with Crippen molar-refractivity contribution < 1.29 is 19.1 Å². The van der Waals surface area contributed by atoms with Gasteiger partial charge < -0.3 is 14.8 Å². The van der Waals surface area contributed by atoms with Gasteiger partial charge in [-0.3, -0.25) is 9.48 Å². The number of rotatable bonds is 4. The fraction of sp³-hybridized carbons (Fsp3) is 0.250. The van der Waals surface area contributed by atoms with Crippen LogP contribution in [0.2, 0.25) is 0 Å². The summed E-state index contributed by atoms with van der Waals surface area (Å²) in [5.41, 5.74) is -0.812. The molecular formula is C12H12BrN3O4. The second-order valence-electron chi connectivity index (χ2n) is 4.60. The predicted octanol–water partition coefficient (Wildman–Crippen LogP) is 2.31. The second-order valence-corrected chi connectivity index (χ2v) is 5.38. The number of carbonyl (C=O) groups is 2. The van der Waals surface area contributed by atoms with Gasteiger partial charge in [-0.1, -0.05) is 0 Å². The number of nitrogens with one attached hydrogen (secondary N) is 1. The van der Waals surface area contributed by atoms with Gasteiger partial charge in [0.25, 0.3) is 5.91 Å². The zero-order valence-electron chi connectivity index (χ0n) is 10.8. The molecule has 1 amide bonds. The first kappa shape index (κ1) is 14.3. The quantitative estimate of drug-likeness (QED) is 0.889. The molecule has 0 unspecified atom stereocenters. The van der Waals surface area contributed by atoms with Crippen LogP contribution in [0.25, 0.3) is 0 Å². The van der Waals surface area contributed by atoms with E-state index in [1.165, 1.54) is 37.0 Å². The Balaban J connectivity index is 2.14. The fourth-order valence-corrected chi connectivity index (χ4v) is 1.73. The number of aliphatic carboxylic acids is 1. The van der Waals surface area contributed by atoms with Gasteiger partial charge >= 0.3 is 5.97 Å². The molecule has 2 N–H and O–H groups in total. The Labute approximate surface area is 122 Å². The molecule has 2 aromatic rings. The first-order valence-corrected chi connectivity index (χ1v) is 6.45. The summed E-state index contributed by atoms with van der Waals surface area (Å²) in [7, 11) is 0. The van der Waals surface area contributed by atoms with E-state index in [0.717, 1.165) is 0 Å². The van der Waals surface area contributed by atoms with Gasteiger partial charge in [-0.15, -0.1) is 0 Å². The number of hydrogen-bond donors (Lipinski definition) is 2. The predicted molar refractivity (Wildman–Crippen MR) is 73.5 cm³/mol. The van der Waals surface area contributed by atoms with Crippen LogP contribution >= 0.6 is 15.9 Å². The van der Waals surface area contributed by atoms with Crippen molar-refractivity contribution in [1.82, 2.24) is 9.78 Å². The van der Waals surface area contributed by atoms with Crippen molar-refractivity contribution in [3.63, 3.8) is 0 Å². The third kappa shape index (κ3) is 2.74. The molecule has 0 atom stereocenters. The zero-order valence-corrected chi connectivity index (χ0v) is 12.3. The molecule has 2 rings (SSSR count). The number of halogens is 1. The Morgan fingerprint density at radius 2 is 2.15 bits per heavy atom. The van der Waals surface area contributed by atoms with Crippen molar-refractivity contribution in [1.29, 1.82) is 0 Å². The lowest BCUT2D eigenvalue weighted by Gasteiger charge is -2.19. The summed E-state index contributed by atoms with van der Waals surface area (Å²) in [5.74, 6) is -1.32. The van der Waals surface area contributed by atoms with Crippen molar-refractivity contribution in [2.45, 2.75) is 19.4 Å². The first-order chi connectivity index (χ1) is 9.30. The largest absolute Gasteiger partial charge is 0.479 e. The highest BCUT2D eigenvalue weighted by molar-refractivity contribution is 9.10. The van der Waals surface area contributed by atoms with Crippen LogP contribution in [0, 0.1) is 0 Å². The van der Waals surface area contributed by atoms with Gasteiger partial charge in [-0.05, 0) is 41.9 Å². The Kier molecular flexibility index (Phi) is 3.67. The summed E-state index contributed by atoms with van der Waals surface area (Å²) >= 11 is 3.10. The minimum Gasteiger partial charge on any atom is -0.479 e. The molecule has 7 nitrogen and oxygen atoms in total. The monoisotopic (exact) mass is 341 g/mol. The molecule has 8 heteroatoms. The molecule has 0 saturated carbocycles.